The highest BCUT2D eigenvalue weighted by atomic mass is 16.5. The minimum Gasteiger partial charge on any atom is -0.378 e. The molecule has 0 aliphatic carbocycles. The molecule has 1 N–H and O–H groups in total. The summed E-state index contributed by atoms with van der Waals surface area (Å²) in [5.41, 5.74) is 1.04. The smallest absolute Gasteiger partial charge is 0.251 e. The maximum absolute atomic E-state index is 12.0. The van der Waals surface area contributed by atoms with Crippen LogP contribution in [0.5, 0.6) is 0 Å². The van der Waals surface area contributed by atoms with Gasteiger partial charge in [-0.25, -0.2) is 0 Å². The number of hydrogen-bond acceptors (Lipinski definition) is 3. The van der Waals surface area contributed by atoms with E-state index >= 15 is 0 Å². The lowest BCUT2D eigenvalue weighted by Gasteiger charge is -2.27. The Bertz CT molecular complexity index is 479. The second-order valence-electron chi connectivity index (χ2n) is 4.57. The van der Waals surface area contributed by atoms with Crippen molar-refractivity contribution in [2.24, 2.45) is 0 Å². The molecule has 1 amide bonds. The van der Waals surface area contributed by atoms with Crippen molar-refractivity contribution in [1.82, 2.24) is 5.32 Å². The minimum absolute atomic E-state index is 0.119. The van der Waals surface area contributed by atoms with Crippen LogP contribution in [0.25, 0.3) is 0 Å². The van der Waals surface area contributed by atoms with Crippen molar-refractivity contribution in [2.75, 3.05) is 6.61 Å². The quantitative estimate of drug-likeness (QED) is 0.863. The first-order valence-corrected chi connectivity index (χ1v) is 6.11. The molecule has 1 fully saturated rings. The third-order valence-electron chi connectivity index (χ3n) is 3.07. The zero-order chi connectivity index (χ0) is 13.0. The largest absolute Gasteiger partial charge is 0.378 e. The first-order chi connectivity index (χ1) is 8.69. The molecule has 0 aromatic heterocycles. The number of nitriles is 1. The Hall–Kier alpha value is -1.86. The van der Waals surface area contributed by atoms with E-state index < -0.39 is 0 Å². The van der Waals surface area contributed by atoms with Crippen LogP contribution in [0.4, 0.5) is 0 Å². The Morgan fingerprint density at radius 1 is 1.56 bits per heavy atom. The van der Waals surface area contributed by atoms with E-state index in [1.807, 2.05) is 13.0 Å². The summed E-state index contributed by atoms with van der Waals surface area (Å²) in [7, 11) is 0. The molecule has 1 aliphatic rings. The van der Waals surface area contributed by atoms with Gasteiger partial charge in [-0.15, -0.1) is 0 Å². The van der Waals surface area contributed by atoms with Crippen molar-refractivity contribution in [3.8, 4) is 6.07 Å². The summed E-state index contributed by atoms with van der Waals surface area (Å²) >= 11 is 0. The number of benzene rings is 1. The van der Waals surface area contributed by atoms with Crippen LogP contribution >= 0.6 is 0 Å². The first kappa shape index (κ1) is 12.6. The lowest BCUT2D eigenvalue weighted by Crippen LogP contribution is -2.41. The summed E-state index contributed by atoms with van der Waals surface area (Å²) < 4.78 is 5.44. The third-order valence-corrected chi connectivity index (χ3v) is 3.07. The zero-order valence-corrected chi connectivity index (χ0v) is 10.3. The Kier molecular flexibility index (Phi) is 3.96. The average molecular weight is 244 g/mol. The van der Waals surface area contributed by atoms with Crippen LogP contribution in [0.3, 0.4) is 0 Å². The maximum Gasteiger partial charge on any atom is 0.251 e. The molecule has 18 heavy (non-hydrogen) atoms. The summed E-state index contributed by atoms with van der Waals surface area (Å²) in [6.07, 6.45) is 1.87. The summed E-state index contributed by atoms with van der Waals surface area (Å²) in [5, 5.41) is 11.8. The molecule has 1 aromatic carbocycles. The molecule has 2 rings (SSSR count). The normalized spacial score (nSPS) is 23.1. The van der Waals surface area contributed by atoms with Crippen LogP contribution in [0.15, 0.2) is 24.3 Å². The van der Waals surface area contributed by atoms with E-state index in [0.717, 1.165) is 12.8 Å². The van der Waals surface area contributed by atoms with Crippen LogP contribution in [0.2, 0.25) is 0 Å². The second kappa shape index (κ2) is 5.65. The summed E-state index contributed by atoms with van der Waals surface area (Å²) in [6, 6.07) is 8.93. The molecule has 0 saturated carbocycles. The monoisotopic (exact) mass is 244 g/mol. The van der Waals surface area contributed by atoms with E-state index in [0.29, 0.717) is 17.7 Å². The highest BCUT2D eigenvalue weighted by molar-refractivity contribution is 5.94. The average Bonchev–Trinajstić information content (AvgIpc) is 2.39. The van der Waals surface area contributed by atoms with Crippen molar-refractivity contribution in [3.63, 3.8) is 0 Å². The van der Waals surface area contributed by atoms with Crippen molar-refractivity contribution >= 4 is 5.91 Å². The Balaban J connectivity index is 2.01. The number of carbonyl (C=O) groups excluding carboxylic acids is 1. The standard InChI is InChI=1S/C14H16N2O2/c1-10-7-13(5-6-18-10)16-14(17)12-4-2-3-11(8-12)9-15/h2-4,8,10,13H,5-7H2,1H3,(H,16,17). The second-order valence-corrected chi connectivity index (χ2v) is 4.57. The molecular formula is C14H16N2O2. The van der Waals surface area contributed by atoms with Crippen molar-refractivity contribution in [2.45, 2.75) is 31.9 Å². The Morgan fingerprint density at radius 3 is 3.11 bits per heavy atom. The van der Waals surface area contributed by atoms with Crippen LogP contribution in [-0.4, -0.2) is 24.7 Å². The Morgan fingerprint density at radius 2 is 2.39 bits per heavy atom. The first-order valence-electron chi connectivity index (χ1n) is 6.11. The number of rotatable bonds is 2. The van der Waals surface area contributed by atoms with Crippen molar-refractivity contribution in [1.29, 1.82) is 5.26 Å². The van der Waals surface area contributed by atoms with Crippen LogP contribution in [0, 0.1) is 11.3 Å². The van der Waals surface area contributed by atoms with Gasteiger partial charge in [0, 0.05) is 18.2 Å². The van der Waals surface area contributed by atoms with Gasteiger partial charge < -0.3 is 10.1 Å². The van der Waals surface area contributed by atoms with Gasteiger partial charge in [0.05, 0.1) is 17.7 Å². The van der Waals surface area contributed by atoms with Crippen LogP contribution in [-0.2, 0) is 4.74 Å². The van der Waals surface area contributed by atoms with Gasteiger partial charge >= 0.3 is 0 Å². The SMILES string of the molecule is CC1CC(NC(=O)c2cccc(C#N)c2)CCO1. The van der Waals surface area contributed by atoms with Gasteiger partial charge in [0.2, 0.25) is 0 Å². The zero-order valence-electron chi connectivity index (χ0n) is 10.3. The highest BCUT2D eigenvalue weighted by Gasteiger charge is 2.21. The molecule has 0 spiro atoms. The molecule has 0 radical (unpaired) electrons. The molecule has 1 aromatic rings. The predicted molar refractivity (Wildman–Crippen MR) is 67.1 cm³/mol. The lowest BCUT2D eigenvalue weighted by atomic mass is 10.0. The van der Waals surface area contributed by atoms with Crippen molar-refractivity contribution < 1.29 is 9.53 Å². The van der Waals surface area contributed by atoms with Gasteiger partial charge in [-0.05, 0) is 38.0 Å². The van der Waals surface area contributed by atoms with Gasteiger partial charge in [0.15, 0.2) is 0 Å². The third kappa shape index (κ3) is 3.08. The van der Waals surface area contributed by atoms with Gasteiger partial charge in [-0.2, -0.15) is 5.26 Å². The lowest BCUT2D eigenvalue weighted by molar-refractivity contribution is 0.0136. The molecule has 0 bridgehead atoms. The fourth-order valence-electron chi connectivity index (χ4n) is 2.13. The molecule has 1 heterocycles. The predicted octanol–water partition coefficient (Wildman–Crippen LogP) is 1.86. The topological polar surface area (TPSA) is 62.1 Å². The fraction of sp³-hybridized carbons (Fsp3) is 0.429. The van der Waals surface area contributed by atoms with E-state index in [4.69, 9.17) is 10.00 Å². The molecular weight excluding hydrogens is 228 g/mol. The van der Waals surface area contributed by atoms with Gasteiger partial charge in [0.1, 0.15) is 0 Å². The number of nitrogens with zero attached hydrogens (tertiary/aromatic N) is 1. The molecule has 2 unspecified atom stereocenters. The fourth-order valence-corrected chi connectivity index (χ4v) is 2.13. The number of amides is 1. The van der Waals surface area contributed by atoms with Gasteiger partial charge in [-0.1, -0.05) is 6.07 Å². The van der Waals surface area contributed by atoms with E-state index in [1.54, 1.807) is 24.3 Å². The van der Waals surface area contributed by atoms with Gasteiger partial charge in [-0.3, -0.25) is 4.79 Å². The van der Waals surface area contributed by atoms with E-state index in [9.17, 15) is 4.79 Å². The van der Waals surface area contributed by atoms with Crippen molar-refractivity contribution in [3.05, 3.63) is 35.4 Å². The summed E-state index contributed by atoms with van der Waals surface area (Å²) in [5.74, 6) is -0.119. The molecule has 4 heteroatoms. The molecule has 1 saturated heterocycles. The number of nitrogens with one attached hydrogen (secondary N) is 1. The van der Waals surface area contributed by atoms with E-state index in [-0.39, 0.29) is 18.1 Å². The minimum atomic E-state index is -0.119. The number of carbonyl (C=O) groups is 1. The maximum atomic E-state index is 12.0. The van der Waals surface area contributed by atoms with Crippen LogP contribution in [0.1, 0.15) is 35.7 Å². The summed E-state index contributed by atoms with van der Waals surface area (Å²) in [4.78, 5) is 12.0. The molecule has 1 aliphatic heterocycles. The van der Waals surface area contributed by atoms with Gasteiger partial charge in [0.25, 0.3) is 5.91 Å². The highest BCUT2D eigenvalue weighted by Crippen LogP contribution is 2.14. The van der Waals surface area contributed by atoms with E-state index in [1.165, 1.54) is 0 Å². The molecule has 94 valence electrons. The number of ether oxygens (including phenoxy) is 1. The van der Waals surface area contributed by atoms with E-state index in [2.05, 4.69) is 5.32 Å². The summed E-state index contributed by atoms with van der Waals surface area (Å²) in [6.45, 7) is 2.69. The number of hydrogen-bond donors (Lipinski definition) is 1. The molecule has 2 atom stereocenters. The molecule has 4 nitrogen and oxygen atoms in total. The Labute approximate surface area is 107 Å². The van der Waals surface area contributed by atoms with Crippen LogP contribution < -0.4 is 5.32 Å².